The number of carbonyl (C=O) groups is 2. The zero-order valence-corrected chi connectivity index (χ0v) is 12.8. The van der Waals surface area contributed by atoms with E-state index in [-0.39, 0.29) is 18.4 Å². The van der Waals surface area contributed by atoms with E-state index in [1.807, 2.05) is 27.7 Å². The van der Waals surface area contributed by atoms with Crippen LogP contribution in [0.15, 0.2) is 6.07 Å². The maximum atomic E-state index is 12.5. The molecule has 20 heavy (non-hydrogen) atoms. The third-order valence-electron chi connectivity index (χ3n) is 3.13. The van der Waals surface area contributed by atoms with Gasteiger partial charge in [0.1, 0.15) is 12.2 Å². The van der Waals surface area contributed by atoms with Crippen LogP contribution in [0.5, 0.6) is 0 Å². The lowest BCUT2D eigenvalue weighted by Crippen LogP contribution is -2.37. The summed E-state index contributed by atoms with van der Waals surface area (Å²) >= 11 is 0. The predicted molar refractivity (Wildman–Crippen MR) is 75.6 cm³/mol. The Morgan fingerprint density at radius 3 is 2.50 bits per heavy atom. The molecule has 0 aliphatic heterocycles. The quantitative estimate of drug-likeness (QED) is 0.744. The molecule has 1 heterocycles. The van der Waals surface area contributed by atoms with Crippen LogP contribution in [-0.2, 0) is 16.1 Å². The summed E-state index contributed by atoms with van der Waals surface area (Å²) in [7, 11) is 1.31. The van der Waals surface area contributed by atoms with E-state index in [1.54, 1.807) is 10.7 Å². The van der Waals surface area contributed by atoms with Crippen molar-refractivity contribution in [3.63, 3.8) is 0 Å². The number of hydrogen-bond acceptors (Lipinski definition) is 4. The molecule has 1 amide bonds. The molecule has 0 unspecified atom stereocenters. The summed E-state index contributed by atoms with van der Waals surface area (Å²) in [6, 6.07) is 1.80. The number of likely N-dealkylation sites (N-methyl/N-ethyl adjacent to an activating group) is 1. The van der Waals surface area contributed by atoms with Gasteiger partial charge in [-0.05, 0) is 25.8 Å². The Balaban J connectivity index is 3.02. The van der Waals surface area contributed by atoms with E-state index in [1.165, 1.54) is 12.0 Å². The number of amides is 1. The van der Waals surface area contributed by atoms with Crippen LogP contribution in [0.25, 0.3) is 0 Å². The van der Waals surface area contributed by atoms with E-state index in [0.717, 1.165) is 5.69 Å². The van der Waals surface area contributed by atoms with E-state index >= 15 is 0 Å². The van der Waals surface area contributed by atoms with Gasteiger partial charge in [0.05, 0.1) is 12.8 Å². The molecule has 0 saturated carbocycles. The van der Waals surface area contributed by atoms with Gasteiger partial charge in [-0.1, -0.05) is 13.8 Å². The highest BCUT2D eigenvalue weighted by molar-refractivity contribution is 5.94. The number of hydrogen-bond donors (Lipinski definition) is 0. The third kappa shape index (κ3) is 3.59. The lowest BCUT2D eigenvalue weighted by Gasteiger charge is -2.19. The molecular weight excluding hydrogens is 258 g/mol. The first-order chi connectivity index (χ1) is 9.44. The summed E-state index contributed by atoms with van der Waals surface area (Å²) in [5.41, 5.74) is 1.39. The highest BCUT2D eigenvalue weighted by Crippen LogP contribution is 2.16. The van der Waals surface area contributed by atoms with Crippen LogP contribution in [0.1, 0.15) is 49.8 Å². The summed E-state index contributed by atoms with van der Waals surface area (Å²) in [5, 5.41) is 4.42. The fraction of sp³-hybridized carbons (Fsp3) is 0.643. The number of carbonyl (C=O) groups excluding carboxylic acids is 2. The van der Waals surface area contributed by atoms with Crippen LogP contribution >= 0.6 is 0 Å². The van der Waals surface area contributed by atoms with Crippen molar-refractivity contribution in [2.45, 2.75) is 40.2 Å². The van der Waals surface area contributed by atoms with Gasteiger partial charge < -0.3 is 9.64 Å². The summed E-state index contributed by atoms with van der Waals surface area (Å²) in [6.45, 7) is 8.84. The Morgan fingerprint density at radius 1 is 1.40 bits per heavy atom. The van der Waals surface area contributed by atoms with Crippen molar-refractivity contribution in [2.24, 2.45) is 0 Å². The number of esters is 1. The molecule has 6 heteroatoms. The van der Waals surface area contributed by atoms with Crippen LogP contribution in [-0.4, -0.2) is 46.8 Å². The molecule has 112 valence electrons. The lowest BCUT2D eigenvalue weighted by atomic mass is 10.1. The van der Waals surface area contributed by atoms with Gasteiger partial charge in [-0.25, -0.2) is 0 Å². The van der Waals surface area contributed by atoms with E-state index in [0.29, 0.717) is 18.8 Å². The predicted octanol–water partition coefficient (Wildman–Crippen LogP) is 1.66. The molecule has 0 radical (unpaired) electrons. The van der Waals surface area contributed by atoms with Gasteiger partial charge in [-0.2, -0.15) is 5.10 Å². The molecule has 0 N–H and O–H groups in total. The average Bonchev–Trinajstić information content (AvgIpc) is 2.87. The molecular formula is C14H23N3O3. The third-order valence-corrected chi connectivity index (χ3v) is 3.13. The van der Waals surface area contributed by atoms with Crippen molar-refractivity contribution in [1.82, 2.24) is 14.7 Å². The SMILES string of the molecule is CCN(CC(=O)OC)C(=O)c1cc(C(C)C)nn1CC. The van der Waals surface area contributed by atoms with Crippen LogP contribution in [0, 0.1) is 0 Å². The first-order valence-electron chi connectivity index (χ1n) is 6.88. The molecule has 0 bridgehead atoms. The molecule has 0 fully saturated rings. The fourth-order valence-corrected chi connectivity index (χ4v) is 1.84. The largest absolute Gasteiger partial charge is 0.468 e. The van der Waals surface area contributed by atoms with Gasteiger partial charge in [-0.15, -0.1) is 0 Å². The van der Waals surface area contributed by atoms with Crippen molar-refractivity contribution in [3.8, 4) is 0 Å². The van der Waals surface area contributed by atoms with Crippen LogP contribution in [0.3, 0.4) is 0 Å². The number of aryl methyl sites for hydroxylation is 1. The normalized spacial score (nSPS) is 10.7. The van der Waals surface area contributed by atoms with Crippen molar-refractivity contribution in [2.75, 3.05) is 20.2 Å². The molecule has 0 aromatic carbocycles. The van der Waals surface area contributed by atoms with Gasteiger partial charge in [0.2, 0.25) is 0 Å². The van der Waals surface area contributed by atoms with E-state index in [4.69, 9.17) is 0 Å². The van der Waals surface area contributed by atoms with E-state index in [9.17, 15) is 9.59 Å². The number of rotatable bonds is 6. The number of ether oxygens (including phenoxy) is 1. The Kier molecular flexibility index (Phi) is 5.73. The van der Waals surface area contributed by atoms with E-state index < -0.39 is 5.97 Å². The van der Waals surface area contributed by atoms with Crippen molar-refractivity contribution in [1.29, 1.82) is 0 Å². The molecule has 0 aliphatic rings. The molecule has 0 atom stereocenters. The average molecular weight is 281 g/mol. The Bertz CT molecular complexity index is 480. The first-order valence-corrected chi connectivity index (χ1v) is 6.88. The maximum absolute atomic E-state index is 12.5. The Labute approximate surface area is 119 Å². The monoisotopic (exact) mass is 281 g/mol. The standard InChI is InChI=1S/C14H23N3O3/c1-6-16(9-13(18)20-5)14(19)12-8-11(10(3)4)15-17(12)7-2/h8,10H,6-7,9H2,1-5H3. The second-order valence-corrected chi connectivity index (χ2v) is 4.82. The topological polar surface area (TPSA) is 64.4 Å². The first kappa shape index (κ1) is 16.2. The maximum Gasteiger partial charge on any atom is 0.325 e. The highest BCUT2D eigenvalue weighted by atomic mass is 16.5. The minimum atomic E-state index is -0.424. The molecule has 0 saturated heterocycles. The minimum Gasteiger partial charge on any atom is -0.468 e. The van der Waals surface area contributed by atoms with Crippen LogP contribution < -0.4 is 0 Å². The van der Waals surface area contributed by atoms with Gasteiger partial charge in [0, 0.05) is 13.1 Å². The van der Waals surface area contributed by atoms with Crippen molar-refractivity contribution >= 4 is 11.9 Å². The van der Waals surface area contributed by atoms with Crippen molar-refractivity contribution in [3.05, 3.63) is 17.5 Å². The summed E-state index contributed by atoms with van der Waals surface area (Å²) in [6.07, 6.45) is 0. The molecule has 0 aliphatic carbocycles. The van der Waals surface area contributed by atoms with Crippen LogP contribution in [0.4, 0.5) is 0 Å². The molecule has 1 aromatic heterocycles. The zero-order valence-electron chi connectivity index (χ0n) is 12.8. The molecule has 1 aromatic rings. The second-order valence-electron chi connectivity index (χ2n) is 4.82. The number of methoxy groups -OCH3 is 1. The molecule has 1 rings (SSSR count). The van der Waals surface area contributed by atoms with Crippen molar-refractivity contribution < 1.29 is 14.3 Å². The lowest BCUT2D eigenvalue weighted by molar-refractivity contribution is -0.141. The van der Waals surface area contributed by atoms with Gasteiger partial charge in [-0.3, -0.25) is 14.3 Å². The van der Waals surface area contributed by atoms with Gasteiger partial charge in [0.15, 0.2) is 0 Å². The van der Waals surface area contributed by atoms with E-state index in [2.05, 4.69) is 9.84 Å². The fourth-order valence-electron chi connectivity index (χ4n) is 1.84. The second kappa shape index (κ2) is 7.07. The highest BCUT2D eigenvalue weighted by Gasteiger charge is 2.22. The molecule has 6 nitrogen and oxygen atoms in total. The number of aromatic nitrogens is 2. The number of nitrogens with zero attached hydrogens (tertiary/aromatic N) is 3. The van der Waals surface area contributed by atoms with Gasteiger partial charge >= 0.3 is 5.97 Å². The smallest absolute Gasteiger partial charge is 0.325 e. The van der Waals surface area contributed by atoms with Crippen LogP contribution in [0.2, 0.25) is 0 Å². The van der Waals surface area contributed by atoms with Gasteiger partial charge in [0.25, 0.3) is 5.91 Å². The summed E-state index contributed by atoms with van der Waals surface area (Å²) < 4.78 is 6.29. The summed E-state index contributed by atoms with van der Waals surface area (Å²) in [5.74, 6) is -0.365. The summed E-state index contributed by atoms with van der Waals surface area (Å²) in [4.78, 5) is 25.3. The zero-order chi connectivity index (χ0) is 15.3. The Morgan fingerprint density at radius 2 is 2.05 bits per heavy atom. The minimum absolute atomic E-state index is 0.0439. The molecule has 0 spiro atoms. The Hall–Kier alpha value is -1.85.